The van der Waals surface area contributed by atoms with Crippen LogP contribution in [0.1, 0.15) is 53.2 Å². The van der Waals surface area contributed by atoms with Crippen LogP contribution in [0.2, 0.25) is 0 Å². The summed E-state index contributed by atoms with van der Waals surface area (Å²) >= 11 is 0. The third kappa shape index (κ3) is 3.54. The first-order valence-corrected chi connectivity index (χ1v) is 6.24. The third-order valence-corrected chi connectivity index (χ3v) is 2.37. The van der Waals surface area contributed by atoms with Gasteiger partial charge in [-0.1, -0.05) is 27.7 Å². The summed E-state index contributed by atoms with van der Waals surface area (Å²) in [6.07, 6.45) is 0. The second-order valence-corrected chi connectivity index (χ2v) is 5.48. The Kier molecular flexibility index (Phi) is 4.39. The third-order valence-electron chi connectivity index (χ3n) is 2.37. The van der Waals surface area contributed by atoms with Crippen molar-refractivity contribution in [2.75, 3.05) is 5.32 Å². The molecule has 1 heterocycles. The molecule has 0 unspecified atom stereocenters. The lowest BCUT2D eigenvalue weighted by molar-refractivity contribution is 0.480. The van der Waals surface area contributed by atoms with Crippen LogP contribution in [0.5, 0.6) is 0 Å². The highest BCUT2D eigenvalue weighted by Gasteiger charge is 2.11. The monoisotopic (exact) mass is 223 g/mol. The van der Waals surface area contributed by atoms with Crippen molar-refractivity contribution in [3.63, 3.8) is 0 Å². The summed E-state index contributed by atoms with van der Waals surface area (Å²) in [5, 5.41) is 8.11. The smallest absolute Gasteiger partial charge is 0.124 e. The van der Waals surface area contributed by atoms with Crippen molar-refractivity contribution in [1.29, 1.82) is 0 Å². The van der Waals surface area contributed by atoms with Gasteiger partial charge in [-0.05, 0) is 25.7 Å². The van der Waals surface area contributed by atoms with Gasteiger partial charge in [0.1, 0.15) is 5.82 Å². The predicted molar refractivity (Wildman–Crippen MR) is 69.9 cm³/mol. The van der Waals surface area contributed by atoms with E-state index in [-0.39, 0.29) is 0 Å². The van der Waals surface area contributed by atoms with Gasteiger partial charge in [0.2, 0.25) is 0 Å². The number of nitrogens with one attached hydrogen (secondary N) is 1. The van der Waals surface area contributed by atoms with Gasteiger partial charge < -0.3 is 5.32 Å². The van der Waals surface area contributed by atoms with Gasteiger partial charge in [-0.25, -0.2) is 4.68 Å². The molecule has 0 fully saturated rings. The molecule has 0 aromatic carbocycles. The van der Waals surface area contributed by atoms with Crippen LogP contribution in [0.3, 0.4) is 0 Å². The van der Waals surface area contributed by atoms with Crippen LogP contribution in [-0.2, 0) is 6.54 Å². The van der Waals surface area contributed by atoms with Crippen LogP contribution in [0, 0.1) is 5.92 Å². The first kappa shape index (κ1) is 13.1. The first-order valence-electron chi connectivity index (χ1n) is 6.24. The molecular weight excluding hydrogens is 198 g/mol. The van der Waals surface area contributed by atoms with E-state index in [2.05, 4.69) is 62.7 Å². The number of anilines is 1. The van der Waals surface area contributed by atoms with Gasteiger partial charge in [0, 0.05) is 18.7 Å². The molecular formula is C13H25N3. The van der Waals surface area contributed by atoms with Gasteiger partial charge >= 0.3 is 0 Å². The fraction of sp³-hybridized carbons (Fsp3) is 0.769. The maximum atomic E-state index is 4.66. The molecule has 0 saturated carbocycles. The summed E-state index contributed by atoms with van der Waals surface area (Å²) in [6, 6.07) is 2.62. The minimum Gasteiger partial charge on any atom is -0.368 e. The minimum absolute atomic E-state index is 0.447. The van der Waals surface area contributed by atoms with E-state index in [1.165, 1.54) is 5.69 Å². The highest BCUT2D eigenvalue weighted by molar-refractivity contribution is 5.38. The first-order chi connectivity index (χ1) is 7.40. The van der Waals surface area contributed by atoms with Gasteiger partial charge in [0.05, 0.1) is 5.69 Å². The number of rotatable bonds is 5. The van der Waals surface area contributed by atoms with E-state index in [4.69, 9.17) is 0 Å². The number of nitrogens with zero attached hydrogens (tertiary/aromatic N) is 2. The highest BCUT2D eigenvalue weighted by Crippen LogP contribution is 2.19. The fourth-order valence-corrected chi connectivity index (χ4v) is 1.62. The zero-order chi connectivity index (χ0) is 12.3. The van der Waals surface area contributed by atoms with Crippen LogP contribution in [0.15, 0.2) is 6.07 Å². The highest BCUT2D eigenvalue weighted by atomic mass is 15.3. The molecule has 0 amide bonds. The number of aromatic nitrogens is 2. The second-order valence-electron chi connectivity index (χ2n) is 5.48. The number of hydrogen-bond donors (Lipinski definition) is 1. The molecule has 0 radical (unpaired) electrons. The second kappa shape index (κ2) is 5.37. The molecule has 0 aliphatic heterocycles. The number of hydrogen-bond acceptors (Lipinski definition) is 2. The average Bonchev–Trinajstić information content (AvgIpc) is 2.46. The zero-order valence-corrected chi connectivity index (χ0v) is 11.4. The van der Waals surface area contributed by atoms with Crippen molar-refractivity contribution in [1.82, 2.24) is 9.78 Å². The molecule has 0 aliphatic rings. The standard InChI is InChI=1S/C13H25N3/c1-9(2)8-16-13(14-11(5)6)7-12(15-16)10(3)4/h7,9-11,14H,8H2,1-6H3. The molecule has 0 aliphatic carbocycles. The fourth-order valence-electron chi connectivity index (χ4n) is 1.62. The molecule has 0 spiro atoms. The van der Waals surface area contributed by atoms with E-state index >= 15 is 0 Å². The van der Waals surface area contributed by atoms with E-state index < -0.39 is 0 Å². The lowest BCUT2D eigenvalue weighted by Crippen LogP contribution is -2.16. The summed E-state index contributed by atoms with van der Waals surface area (Å²) in [4.78, 5) is 0. The van der Waals surface area contributed by atoms with Crippen molar-refractivity contribution in [2.24, 2.45) is 5.92 Å². The maximum absolute atomic E-state index is 4.66. The van der Waals surface area contributed by atoms with E-state index in [9.17, 15) is 0 Å². The van der Waals surface area contributed by atoms with Crippen molar-refractivity contribution >= 4 is 5.82 Å². The Balaban J connectivity index is 2.92. The summed E-state index contributed by atoms with van der Waals surface area (Å²) in [5.41, 5.74) is 1.17. The minimum atomic E-state index is 0.447. The quantitative estimate of drug-likeness (QED) is 0.828. The van der Waals surface area contributed by atoms with Crippen molar-refractivity contribution in [3.05, 3.63) is 11.8 Å². The van der Waals surface area contributed by atoms with Gasteiger partial charge in [0.15, 0.2) is 0 Å². The zero-order valence-electron chi connectivity index (χ0n) is 11.4. The predicted octanol–water partition coefficient (Wildman–Crippen LogP) is 3.48. The summed E-state index contributed by atoms with van der Waals surface area (Å²) in [5.74, 6) is 2.25. The molecule has 1 aromatic heterocycles. The van der Waals surface area contributed by atoms with E-state index in [1.807, 2.05) is 0 Å². The molecule has 1 N–H and O–H groups in total. The van der Waals surface area contributed by atoms with Crippen LogP contribution in [0.4, 0.5) is 5.82 Å². The molecule has 1 aromatic rings. The van der Waals surface area contributed by atoms with Gasteiger partial charge in [-0.3, -0.25) is 0 Å². The van der Waals surface area contributed by atoms with Gasteiger partial charge in [0.25, 0.3) is 0 Å². The molecule has 3 nitrogen and oxygen atoms in total. The summed E-state index contributed by atoms with van der Waals surface area (Å²) in [6.45, 7) is 14.1. The van der Waals surface area contributed by atoms with Crippen LogP contribution >= 0.6 is 0 Å². The molecule has 16 heavy (non-hydrogen) atoms. The Morgan fingerprint density at radius 1 is 1.19 bits per heavy atom. The molecule has 92 valence electrons. The largest absolute Gasteiger partial charge is 0.368 e. The molecule has 0 saturated heterocycles. The molecule has 0 atom stereocenters. The Morgan fingerprint density at radius 2 is 1.81 bits per heavy atom. The average molecular weight is 223 g/mol. The Morgan fingerprint density at radius 3 is 2.25 bits per heavy atom. The molecule has 1 rings (SSSR count). The van der Waals surface area contributed by atoms with Gasteiger partial charge in [-0.15, -0.1) is 0 Å². The summed E-state index contributed by atoms with van der Waals surface area (Å²) < 4.78 is 2.10. The van der Waals surface area contributed by atoms with Crippen molar-refractivity contribution < 1.29 is 0 Å². The SMILES string of the molecule is CC(C)Cn1nc(C(C)C)cc1NC(C)C. The van der Waals surface area contributed by atoms with Crippen molar-refractivity contribution in [3.8, 4) is 0 Å². The van der Waals surface area contributed by atoms with Crippen LogP contribution < -0.4 is 5.32 Å². The Hall–Kier alpha value is -0.990. The maximum Gasteiger partial charge on any atom is 0.124 e. The topological polar surface area (TPSA) is 29.9 Å². The van der Waals surface area contributed by atoms with E-state index in [1.54, 1.807) is 0 Å². The van der Waals surface area contributed by atoms with Gasteiger partial charge in [-0.2, -0.15) is 5.10 Å². The van der Waals surface area contributed by atoms with Crippen LogP contribution in [-0.4, -0.2) is 15.8 Å². The van der Waals surface area contributed by atoms with Crippen LogP contribution in [0.25, 0.3) is 0 Å². The lowest BCUT2D eigenvalue weighted by atomic mass is 10.1. The lowest BCUT2D eigenvalue weighted by Gasteiger charge is -2.13. The van der Waals surface area contributed by atoms with Crippen molar-refractivity contribution in [2.45, 2.75) is 60.0 Å². The Bertz CT molecular complexity index is 296. The Labute approximate surface area is 99.2 Å². The van der Waals surface area contributed by atoms with E-state index in [0.717, 1.165) is 12.4 Å². The van der Waals surface area contributed by atoms with E-state index in [0.29, 0.717) is 17.9 Å². The molecule has 3 heteroatoms. The molecule has 0 bridgehead atoms. The summed E-state index contributed by atoms with van der Waals surface area (Å²) in [7, 11) is 0. The normalized spacial score (nSPS) is 11.8.